The van der Waals surface area contributed by atoms with Gasteiger partial charge in [0, 0.05) is 17.1 Å². The van der Waals surface area contributed by atoms with Crippen molar-refractivity contribution in [1.29, 1.82) is 0 Å². The number of aliphatic hydroxyl groups excluding tert-OH is 2. The van der Waals surface area contributed by atoms with Gasteiger partial charge in [0.05, 0.1) is 11.7 Å². The van der Waals surface area contributed by atoms with Crippen LogP contribution >= 0.6 is 0 Å². The minimum atomic E-state index is -2.61. The summed E-state index contributed by atoms with van der Waals surface area (Å²) in [7, 11) is 0. The summed E-state index contributed by atoms with van der Waals surface area (Å²) < 4.78 is 0. The maximum Gasteiger partial charge on any atom is 0.230 e. The molecule has 3 aliphatic rings. The monoisotopic (exact) mass is 491 g/mol. The molecule has 0 saturated heterocycles. The van der Waals surface area contributed by atoms with E-state index < -0.39 is 52.7 Å². The normalized spacial score (nSPS) is 29.3. The molecule has 0 radical (unpaired) electrons. The van der Waals surface area contributed by atoms with Gasteiger partial charge < -0.3 is 26.2 Å². The third-order valence-corrected chi connectivity index (χ3v) is 7.85. The largest absolute Gasteiger partial charge is 0.507 e. The zero-order valence-electron chi connectivity index (χ0n) is 19.4. The Morgan fingerprint density at radius 1 is 1.08 bits per heavy atom. The van der Waals surface area contributed by atoms with Crippen LogP contribution in [0, 0.1) is 17.8 Å². The Hall–Kier alpha value is -3.82. The maximum absolute atomic E-state index is 13.6. The number of phenolic OH excluding ortho intramolecular Hbond substituents is 1. The van der Waals surface area contributed by atoms with Crippen LogP contribution in [0.4, 0.5) is 0 Å². The number of primary amides is 1. The number of amides is 1. The zero-order valence-corrected chi connectivity index (χ0v) is 19.4. The van der Waals surface area contributed by atoms with Gasteiger partial charge in [-0.1, -0.05) is 24.3 Å². The van der Waals surface area contributed by atoms with Crippen LogP contribution in [0.15, 0.2) is 42.0 Å². The van der Waals surface area contributed by atoms with Crippen molar-refractivity contribution in [2.24, 2.45) is 23.5 Å². The number of hydrogen-bond donors (Lipinski definition) is 5. The van der Waals surface area contributed by atoms with E-state index in [9.17, 15) is 39.6 Å². The van der Waals surface area contributed by atoms with E-state index >= 15 is 0 Å². The van der Waals surface area contributed by atoms with Gasteiger partial charge in [-0.25, -0.2) is 0 Å². The maximum atomic E-state index is 13.6. The molecule has 1 amide bonds. The van der Waals surface area contributed by atoms with Gasteiger partial charge in [-0.15, -0.1) is 0 Å². The molecular formula is C27H25NO8. The molecule has 186 valence electrons. The molecular weight excluding hydrogens is 466 g/mol. The van der Waals surface area contributed by atoms with E-state index in [0.717, 1.165) is 0 Å². The number of carbonyl (C=O) groups is 4. The first-order valence-electron chi connectivity index (χ1n) is 11.6. The first-order chi connectivity index (χ1) is 17.0. The van der Waals surface area contributed by atoms with Crippen LogP contribution in [0.5, 0.6) is 5.75 Å². The van der Waals surface area contributed by atoms with Crippen molar-refractivity contribution in [1.82, 2.24) is 0 Å². The van der Waals surface area contributed by atoms with Crippen LogP contribution in [-0.2, 0) is 20.8 Å². The number of rotatable bonds is 3. The molecule has 0 heterocycles. The van der Waals surface area contributed by atoms with E-state index in [1.165, 1.54) is 13.0 Å². The highest BCUT2D eigenvalue weighted by Crippen LogP contribution is 2.52. The summed E-state index contributed by atoms with van der Waals surface area (Å²) >= 11 is 0. The van der Waals surface area contributed by atoms with Gasteiger partial charge in [-0.2, -0.15) is 0 Å². The van der Waals surface area contributed by atoms with E-state index in [1.54, 1.807) is 30.3 Å². The van der Waals surface area contributed by atoms with Crippen molar-refractivity contribution in [2.75, 3.05) is 0 Å². The van der Waals surface area contributed by atoms with Crippen LogP contribution < -0.4 is 5.73 Å². The average molecular weight is 491 g/mol. The van der Waals surface area contributed by atoms with Crippen LogP contribution in [0.1, 0.15) is 41.3 Å². The molecule has 2 aromatic rings. The molecule has 0 aromatic heterocycles. The molecule has 5 rings (SSSR count). The predicted molar refractivity (Wildman–Crippen MR) is 127 cm³/mol. The number of ketones is 3. The van der Waals surface area contributed by atoms with E-state index in [2.05, 4.69) is 0 Å². The molecule has 5 atom stereocenters. The lowest BCUT2D eigenvalue weighted by molar-refractivity contribution is -0.174. The molecule has 6 N–H and O–H groups in total. The molecule has 2 unspecified atom stereocenters. The van der Waals surface area contributed by atoms with Crippen molar-refractivity contribution in [2.45, 2.75) is 37.9 Å². The summed E-state index contributed by atoms with van der Waals surface area (Å²) in [6, 6.07) is 9.93. The molecule has 9 heteroatoms. The number of fused-ring (bicyclic) bond motifs is 3. The molecule has 3 aliphatic carbocycles. The molecule has 0 spiro atoms. The Bertz CT molecular complexity index is 1390. The fourth-order valence-corrected chi connectivity index (χ4v) is 6.10. The highest BCUT2D eigenvalue weighted by atomic mass is 16.3. The number of aliphatic hydroxyl groups is 3. The summed E-state index contributed by atoms with van der Waals surface area (Å²) in [6.07, 6.45) is -1.34. The lowest BCUT2D eigenvalue weighted by Gasteiger charge is -2.48. The first-order valence-corrected chi connectivity index (χ1v) is 11.6. The smallest absolute Gasteiger partial charge is 0.230 e. The average Bonchev–Trinajstić information content (AvgIpc) is 2.81. The number of carbonyl (C=O) groups excluding carboxylic acids is 4. The summed E-state index contributed by atoms with van der Waals surface area (Å²) in [4.78, 5) is 50.3. The molecule has 0 bridgehead atoms. The van der Waals surface area contributed by atoms with E-state index in [4.69, 9.17) is 5.73 Å². The lowest BCUT2D eigenvalue weighted by atomic mass is 9.56. The highest BCUT2D eigenvalue weighted by molar-refractivity contribution is 6.24. The quantitative estimate of drug-likeness (QED) is 0.317. The molecule has 2 aromatic carbocycles. The Kier molecular flexibility index (Phi) is 5.38. The second kappa shape index (κ2) is 8.11. The van der Waals surface area contributed by atoms with Crippen molar-refractivity contribution in [3.05, 3.63) is 58.7 Å². The summed E-state index contributed by atoms with van der Waals surface area (Å²) in [6.45, 7) is 1.45. The van der Waals surface area contributed by atoms with Crippen LogP contribution in [0.3, 0.4) is 0 Å². The number of Topliss-reactive ketones (excluding diaryl/α,β-unsaturated/α-hetero) is 3. The van der Waals surface area contributed by atoms with Crippen LogP contribution in [-0.4, -0.2) is 55.4 Å². The van der Waals surface area contributed by atoms with Crippen LogP contribution in [0.2, 0.25) is 0 Å². The SMILES string of the molecule is CC(=O)c1cccc(-c2ccc(O)c3c2C[C@H]2C[C@H]4CC(O)C(C(N)=O)C(=O)[C@@]4(O)C(=O)C2=C3O)c1. The van der Waals surface area contributed by atoms with Gasteiger partial charge in [0.25, 0.3) is 0 Å². The summed E-state index contributed by atoms with van der Waals surface area (Å²) in [5.41, 5.74) is 4.84. The number of hydrogen-bond acceptors (Lipinski definition) is 8. The van der Waals surface area contributed by atoms with Crippen molar-refractivity contribution >= 4 is 29.0 Å². The highest BCUT2D eigenvalue weighted by Gasteiger charge is 2.63. The minimum absolute atomic E-state index is 0.0112. The van der Waals surface area contributed by atoms with E-state index in [0.29, 0.717) is 22.3 Å². The molecule has 0 aliphatic heterocycles. The number of phenols is 1. The number of aromatic hydroxyl groups is 1. The van der Waals surface area contributed by atoms with Gasteiger partial charge in [0.1, 0.15) is 17.4 Å². The summed E-state index contributed by atoms with van der Waals surface area (Å²) in [5.74, 6) is -7.65. The summed E-state index contributed by atoms with van der Waals surface area (Å²) in [5, 5.41) is 43.5. The van der Waals surface area contributed by atoms with E-state index in [-0.39, 0.29) is 41.9 Å². The van der Waals surface area contributed by atoms with Gasteiger partial charge in [0.2, 0.25) is 11.7 Å². The second-order valence-corrected chi connectivity index (χ2v) is 9.86. The third kappa shape index (κ3) is 3.23. The van der Waals surface area contributed by atoms with Crippen molar-refractivity contribution in [3.8, 4) is 16.9 Å². The van der Waals surface area contributed by atoms with E-state index in [1.807, 2.05) is 0 Å². The molecule has 9 nitrogen and oxygen atoms in total. The van der Waals surface area contributed by atoms with Gasteiger partial charge in [-0.05, 0) is 60.9 Å². The van der Waals surface area contributed by atoms with Crippen molar-refractivity contribution < 1.29 is 39.6 Å². The molecule has 2 saturated carbocycles. The van der Waals surface area contributed by atoms with Crippen molar-refractivity contribution in [3.63, 3.8) is 0 Å². The number of nitrogens with two attached hydrogens (primary N) is 1. The minimum Gasteiger partial charge on any atom is -0.507 e. The van der Waals surface area contributed by atoms with Gasteiger partial charge in [-0.3, -0.25) is 19.2 Å². The Morgan fingerprint density at radius 3 is 2.47 bits per heavy atom. The third-order valence-electron chi connectivity index (χ3n) is 7.85. The van der Waals surface area contributed by atoms with Crippen LogP contribution in [0.25, 0.3) is 16.9 Å². The second-order valence-electron chi connectivity index (χ2n) is 9.86. The van der Waals surface area contributed by atoms with Gasteiger partial charge >= 0.3 is 0 Å². The molecule has 2 fully saturated rings. The fourth-order valence-electron chi connectivity index (χ4n) is 6.10. The topological polar surface area (TPSA) is 175 Å². The molecule has 36 heavy (non-hydrogen) atoms. The predicted octanol–water partition coefficient (Wildman–Crippen LogP) is 1.46. The Labute approximate surface area is 205 Å². The standard InChI is InChI=1S/C27H25NO8/c1-11(29)12-3-2-4-13(7-12)16-5-6-18(30)21-17(16)9-14-8-15-10-19(31)22(26(28)35)25(34)27(15,36)24(33)20(14)23(21)32/h2-7,14-15,19,22,30-32,36H,8-10H2,1H3,(H2,28,35)/t14-,15+,19?,22?,27+/m1/s1. The first kappa shape index (κ1) is 23.9. The zero-order chi connectivity index (χ0) is 26.1. The Balaban J connectivity index is 1.67. The lowest BCUT2D eigenvalue weighted by Crippen LogP contribution is -2.66. The number of benzene rings is 2. The Morgan fingerprint density at radius 2 is 1.81 bits per heavy atom. The fraction of sp³-hybridized carbons (Fsp3) is 0.333. The van der Waals surface area contributed by atoms with Gasteiger partial charge in [0.15, 0.2) is 17.2 Å².